The Morgan fingerprint density at radius 2 is 1.59 bits per heavy atom. The van der Waals surface area contributed by atoms with E-state index in [0.29, 0.717) is 13.0 Å². The maximum absolute atomic E-state index is 11.7. The van der Waals surface area contributed by atoms with Crippen LogP contribution >= 0.6 is 0 Å². The molecule has 0 aliphatic rings. The van der Waals surface area contributed by atoms with Crippen molar-refractivity contribution in [3.8, 4) is 5.75 Å². The second-order valence-electron chi connectivity index (χ2n) is 5.20. The van der Waals surface area contributed by atoms with Crippen LogP contribution in [-0.4, -0.2) is 19.1 Å². The second-order valence-corrected chi connectivity index (χ2v) is 5.20. The van der Waals surface area contributed by atoms with Crippen molar-refractivity contribution in [2.75, 3.05) is 13.2 Å². The first-order chi connectivity index (χ1) is 10.8. The van der Waals surface area contributed by atoms with Crippen LogP contribution in [0.4, 0.5) is 0 Å². The molecular formula is C19H23NO2. The monoisotopic (exact) mass is 297 g/mol. The number of rotatable bonds is 9. The number of para-hydroxylation sites is 1. The van der Waals surface area contributed by atoms with Gasteiger partial charge in [0.25, 0.3) is 0 Å². The molecule has 0 saturated carbocycles. The topological polar surface area (TPSA) is 38.3 Å². The fourth-order valence-electron chi connectivity index (χ4n) is 2.19. The predicted octanol–water partition coefficient (Wildman–Crippen LogP) is 3.59. The summed E-state index contributed by atoms with van der Waals surface area (Å²) in [4.78, 5) is 11.7. The van der Waals surface area contributed by atoms with Crippen LogP contribution < -0.4 is 10.1 Å². The maximum atomic E-state index is 11.7. The van der Waals surface area contributed by atoms with Crippen molar-refractivity contribution in [3.63, 3.8) is 0 Å². The van der Waals surface area contributed by atoms with Gasteiger partial charge in [0.1, 0.15) is 5.75 Å². The van der Waals surface area contributed by atoms with Gasteiger partial charge in [-0.25, -0.2) is 0 Å². The number of amides is 1. The molecule has 0 spiro atoms. The van der Waals surface area contributed by atoms with E-state index in [1.54, 1.807) is 0 Å². The van der Waals surface area contributed by atoms with Crippen LogP contribution in [-0.2, 0) is 11.2 Å². The van der Waals surface area contributed by atoms with Gasteiger partial charge >= 0.3 is 0 Å². The van der Waals surface area contributed by atoms with Crippen molar-refractivity contribution >= 4 is 5.91 Å². The third-order valence-electron chi connectivity index (χ3n) is 3.40. The van der Waals surface area contributed by atoms with Crippen LogP contribution in [0.15, 0.2) is 60.7 Å². The molecule has 0 aliphatic carbocycles. The van der Waals surface area contributed by atoms with Gasteiger partial charge in [-0.1, -0.05) is 48.5 Å². The van der Waals surface area contributed by atoms with Gasteiger partial charge in [-0.05, 0) is 37.0 Å². The minimum absolute atomic E-state index is 0.0515. The molecule has 1 N–H and O–H groups in total. The Bertz CT molecular complexity index is 540. The molecule has 2 rings (SSSR count). The third kappa shape index (κ3) is 6.44. The Labute approximate surface area is 132 Å². The van der Waals surface area contributed by atoms with Crippen LogP contribution in [0.3, 0.4) is 0 Å². The molecule has 0 fully saturated rings. The minimum Gasteiger partial charge on any atom is -0.493 e. The number of ether oxygens (including phenoxy) is 1. The number of unbranched alkanes of at least 4 members (excludes halogenated alkanes) is 1. The molecule has 0 aromatic heterocycles. The highest BCUT2D eigenvalue weighted by atomic mass is 16.5. The number of carbonyl (C=O) groups is 1. The molecule has 0 atom stereocenters. The quantitative estimate of drug-likeness (QED) is 0.718. The summed E-state index contributed by atoms with van der Waals surface area (Å²) < 4.78 is 5.50. The zero-order valence-electron chi connectivity index (χ0n) is 12.8. The lowest BCUT2D eigenvalue weighted by Gasteiger charge is -2.07. The normalized spacial score (nSPS) is 10.2. The summed E-state index contributed by atoms with van der Waals surface area (Å²) in [5, 5.41) is 2.94. The molecule has 0 unspecified atom stereocenters. The van der Waals surface area contributed by atoms with E-state index in [9.17, 15) is 4.79 Å². The molecule has 2 aromatic carbocycles. The first-order valence-corrected chi connectivity index (χ1v) is 7.83. The lowest BCUT2D eigenvalue weighted by atomic mass is 10.1. The summed E-state index contributed by atoms with van der Waals surface area (Å²) in [7, 11) is 0. The van der Waals surface area contributed by atoms with E-state index >= 15 is 0 Å². The summed E-state index contributed by atoms with van der Waals surface area (Å²) in [5.41, 5.74) is 1.35. The third-order valence-corrected chi connectivity index (χ3v) is 3.40. The average Bonchev–Trinajstić information content (AvgIpc) is 2.56. The van der Waals surface area contributed by atoms with Crippen molar-refractivity contribution in [1.29, 1.82) is 0 Å². The van der Waals surface area contributed by atoms with Crippen LogP contribution in [0.25, 0.3) is 0 Å². The molecular weight excluding hydrogens is 274 g/mol. The molecule has 3 heteroatoms. The first kappa shape index (κ1) is 16.1. The number of nitrogens with one attached hydrogen (secondary N) is 1. The van der Waals surface area contributed by atoms with Gasteiger partial charge in [0, 0.05) is 6.54 Å². The number of aryl methyl sites for hydroxylation is 1. The lowest BCUT2D eigenvalue weighted by Crippen LogP contribution is -2.25. The molecule has 116 valence electrons. The van der Waals surface area contributed by atoms with Crippen molar-refractivity contribution in [2.45, 2.75) is 25.7 Å². The summed E-state index contributed by atoms with van der Waals surface area (Å²) in [5.74, 6) is 0.855. The molecule has 0 bridgehead atoms. The largest absolute Gasteiger partial charge is 0.493 e. The van der Waals surface area contributed by atoms with Crippen LogP contribution in [0, 0.1) is 0 Å². The maximum Gasteiger partial charge on any atom is 0.223 e. The summed E-state index contributed by atoms with van der Waals surface area (Å²) in [6, 6.07) is 20.0. The van der Waals surface area contributed by atoms with E-state index in [-0.39, 0.29) is 5.91 Å². The smallest absolute Gasteiger partial charge is 0.223 e. The number of carbonyl (C=O) groups excluding carboxylic acids is 1. The molecule has 0 aliphatic heterocycles. The van der Waals surface area contributed by atoms with Crippen molar-refractivity contribution < 1.29 is 9.53 Å². The Hall–Kier alpha value is -2.29. The zero-order chi connectivity index (χ0) is 15.5. The molecule has 22 heavy (non-hydrogen) atoms. The Morgan fingerprint density at radius 3 is 2.32 bits per heavy atom. The fourth-order valence-corrected chi connectivity index (χ4v) is 2.19. The number of hydrogen-bond acceptors (Lipinski definition) is 2. The van der Waals surface area contributed by atoms with E-state index < -0.39 is 0 Å². The Kier molecular flexibility index (Phi) is 7.03. The van der Waals surface area contributed by atoms with Gasteiger partial charge in [0.15, 0.2) is 0 Å². The standard InChI is InChI=1S/C19H23NO2/c21-19(14-16-22-18-12-5-2-6-13-18)20-15-8-7-11-17-9-3-1-4-10-17/h1-6,9-10,12-13H,7-8,11,14-16H2,(H,20,21). The highest BCUT2D eigenvalue weighted by Gasteiger charge is 2.01. The Balaban J connectivity index is 1.49. The van der Waals surface area contributed by atoms with Gasteiger partial charge in [-0.2, -0.15) is 0 Å². The lowest BCUT2D eigenvalue weighted by molar-refractivity contribution is -0.121. The summed E-state index contributed by atoms with van der Waals surface area (Å²) in [6.07, 6.45) is 3.55. The molecule has 2 aromatic rings. The van der Waals surface area contributed by atoms with E-state index in [0.717, 1.165) is 31.6 Å². The van der Waals surface area contributed by atoms with E-state index in [1.807, 2.05) is 36.4 Å². The molecule has 0 radical (unpaired) electrons. The van der Waals surface area contributed by atoms with Crippen molar-refractivity contribution in [3.05, 3.63) is 66.2 Å². The first-order valence-electron chi connectivity index (χ1n) is 7.83. The van der Waals surface area contributed by atoms with Crippen LogP contribution in [0.5, 0.6) is 5.75 Å². The SMILES string of the molecule is O=C(CCOc1ccccc1)NCCCCc1ccccc1. The van der Waals surface area contributed by atoms with Crippen molar-refractivity contribution in [2.24, 2.45) is 0 Å². The molecule has 3 nitrogen and oxygen atoms in total. The van der Waals surface area contributed by atoms with E-state index in [2.05, 4.69) is 29.6 Å². The molecule has 1 amide bonds. The highest BCUT2D eigenvalue weighted by molar-refractivity contribution is 5.75. The predicted molar refractivity (Wildman–Crippen MR) is 88.9 cm³/mol. The highest BCUT2D eigenvalue weighted by Crippen LogP contribution is 2.08. The summed E-state index contributed by atoms with van der Waals surface area (Å²) in [6.45, 7) is 1.15. The molecule has 0 saturated heterocycles. The van der Waals surface area contributed by atoms with Crippen LogP contribution in [0.2, 0.25) is 0 Å². The minimum atomic E-state index is 0.0515. The number of benzene rings is 2. The van der Waals surface area contributed by atoms with E-state index in [4.69, 9.17) is 4.74 Å². The molecule has 0 heterocycles. The van der Waals surface area contributed by atoms with Gasteiger partial charge < -0.3 is 10.1 Å². The summed E-state index contributed by atoms with van der Waals surface area (Å²) >= 11 is 0. The second kappa shape index (κ2) is 9.61. The van der Waals surface area contributed by atoms with Gasteiger partial charge in [0.2, 0.25) is 5.91 Å². The van der Waals surface area contributed by atoms with E-state index in [1.165, 1.54) is 5.56 Å². The fraction of sp³-hybridized carbons (Fsp3) is 0.316. The number of hydrogen-bond donors (Lipinski definition) is 1. The van der Waals surface area contributed by atoms with Gasteiger partial charge in [0.05, 0.1) is 13.0 Å². The van der Waals surface area contributed by atoms with Gasteiger partial charge in [-0.3, -0.25) is 4.79 Å². The average molecular weight is 297 g/mol. The zero-order valence-corrected chi connectivity index (χ0v) is 12.8. The Morgan fingerprint density at radius 1 is 0.909 bits per heavy atom. The van der Waals surface area contributed by atoms with Gasteiger partial charge in [-0.15, -0.1) is 0 Å². The van der Waals surface area contributed by atoms with Crippen LogP contribution in [0.1, 0.15) is 24.8 Å². The van der Waals surface area contributed by atoms with Crippen molar-refractivity contribution in [1.82, 2.24) is 5.32 Å².